The van der Waals surface area contributed by atoms with Gasteiger partial charge in [0.05, 0.1) is 0 Å². The minimum absolute atomic E-state index is 0. The summed E-state index contributed by atoms with van der Waals surface area (Å²) < 4.78 is 0. The average Bonchev–Trinajstić information content (AvgIpc) is 1.72. The monoisotopic (exact) mass is 139 g/mol. The second kappa shape index (κ2) is 3.78. The number of nitrogens with one attached hydrogen (secondary N) is 1. The van der Waals surface area contributed by atoms with Crippen LogP contribution in [0.1, 0.15) is 0 Å². The zero-order valence-electron chi connectivity index (χ0n) is 3.57. The molecule has 7 heavy (non-hydrogen) atoms. The van der Waals surface area contributed by atoms with Crippen LogP contribution < -0.4 is 5.48 Å². The Kier molecular flexibility index (Phi) is 3.56. The molecule has 0 unspecified atom stereocenters. The van der Waals surface area contributed by atoms with Crippen molar-refractivity contribution in [1.82, 2.24) is 5.48 Å². The van der Waals surface area contributed by atoms with Gasteiger partial charge in [-0.15, -0.1) is 0 Å². The van der Waals surface area contributed by atoms with E-state index in [-0.39, 0.29) is 17.1 Å². The van der Waals surface area contributed by atoms with Gasteiger partial charge in [0, 0.05) is 23.3 Å². The number of hydrogen-bond donors (Lipinski definition) is 1. The van der Waals surface area contributed by atoms with Crippen LogP contribution in [-0.4, -0.2) is 0 Å². The van der Waals surface area contributed by atoms with Crippen LogP contribution in [0.15, 0.2) is 24.6 Å². The van der Waals surface area contributed by atoms with Gasteiger partial charge in [-0.25, -0.2) is 5.48 Å². The third-order valence-electron chi connectivity index (χ3n) is 0.490. The molecule has 0 atom stereocenters. The number of allylic oxidation sites excluding steroid dienone is 2. The summed E-state index contributed by atoms with van der Waals surface area (Å²) in [6.45, 7) is 0. The summed E-state index contributed by atoms with van der Waals surface area (Å²) in [4.78, 5) is 4.55. The largest absolute Gasteiger partial charge is 0.391 e. The third kappa shape index (κ3) is 2.31. The maximum atomic E-state index is 4.55. The molecule has 0 aromatic rings. The summed E-state index contributed by atoms with van der Waals surface area (Å²) in [5, 5.41) is 0. The van der Waals surface area contributed by atoms with E-state index < -0.39 is 0 Å². The Balaban J connectivity index is 0.000000360. The number of hydrogen-bond acceptors (Lipinski definition) is 2. The number of hydroxylamine groups is 1. The van der Waals surface area contributed by atoms with Gasteiger partial charge in [0.1, 0.15) is 6.26 Å². The van der Waals surface area contributed by atoms with E-state index in [1.807, 2.05) is 6.08 Å². The van der Waals surface area contributed by atoms with Gasteiger partial charge in [0.2, 0.25) is 0 Å². The van der Waals surface area contributed by atoms with Crippen LogP contribution in [0, 0.1) is 0 Å². The minimum Gasteiger partial charge on any atom is -0.391 e. The summed E-state index contributed by atoms with van der Waals surface area (Å²) in [5.41, 5.74) is 2.52. The first kappa shape index (κ1) is 6.60. The van der Waals surface area contributed by atoms with E-state index in [2.05, 4.69) is 10.3 Å². The van der Waals surface area contributed by atoms with E-state index in [1.54, 1.807) is 18.5 Å². The minimum atomic E-state index is 0. The molecule has 0 bridgehead atoms. The predicted octanol–water partition coefficient (Wildman–Crippen LogP) is 0.546. The number of rotatable bonds is 0. The van der Waals surface area contributed by atoms with Crippen LogP contribution in [0.25, 0.3) is 0 Å². The van der Waals surface area contributed by atoms with E-state index in [1.165, 1.54) is 0 Å². The van der Waals surface area contributed by atoms with Gasteiger partial charge in [-0.1, -0.05) is 0 Å². The Labute approximate surface area is 52.7 Å². The van der Waals surface area contributed by atoms with Crippen LogP contribution in [-0.2, 0) is 21.9 Å². The first-order valence-corrected chi connectivity index (χ1v) is 1.73. The molecule has 1 aliphatic rings. The molecule has 0 aromatic heterocycles. The molecule has 1 heterocycles. The van der Waals surface area contributed by atoms with Gasteiger partial charge >= 0.3 is 0 Å². The second-order valence-corrected chi connectivity index (χ2v) is 0.923. The van der Waals surface area contributed by atoms with E-state index in [4.69, 9.17) is 0 Å². The zero-order valence-corrected chi connectivity index (χ0v) is 4.68. The summed E-state index contributed by atoms with van der Waals surface area (Å²) in [6.07, 6.45) is 6.93. The fourth-order valence-electron chi connectivity index (χ4n) is 0.258. The van der Waals surface area contributed by atoms with Crippen molar-refractivity contribution in [2.45, 2.75) is 0 Å². The maximum absolute atomic E-state index is 4.55. The van der Waals surface area contributed by atoms with E-state index >= 15 is 0 Å². The molecule has 0 fully saturated rings. The van der Waals surface area contributed by atoms with Crippen LogP contribution in [0.5, 0.6) is 0 Å². The quantitative estimate of drug-likeness (QED) is 0.494. The molecular weight excluding hydrogens is 134 g/mol. The van der Waals surface area contributed by atoms with Crippen LogP contribution in [0.3, 0.4) is 0 Å². The maximum Gasteiger partial charge on any atom is 0.119 e. The van der Waals surface area contributed by atoms with Gasteiger partial charge in [0.15, 0.2) is 0 Å². The van der Waals surface area contributed by atoms with Crippen LogP contribution in [0.4, 0.5) is 0 Å². The van der Waals surface area contributed by atoms with Crippen molar-refractivity contribution in [3.8, 4) is 0 Å². The fraction of sp³-hybridized carbons (Fsp3) is 0. The van der Waals surface area contributed by atoms with Gasteiger partial charge in [-0.3, -0.25) is 0 Å². The summed E-state index contributed by atoms with van der Waals surface area (Å²) in [6, 6.07) is 0. The van der Waals surface area contributed by atoms with Crippen LogP contribution in [0.2, 0.25) is 0 Å². The average molecular weight is 139 g/mol. The molecule has 0 saturated heterocycles. The van der Waals surface area contributed by atoms with Crippen molar-refractivity contribution >= 4 is 0 Å². The van der Waals surface area contributed by atoms with Crippen molar-refractivity contribution in [1.29, 1.82) is 0 Å². The van der Waals surface area contributed by atoms with Gasteiger partial charge < -0.3 is 4.84 Å². The summed E-state index contributed by atoms with van der Waals surface area (Å²) in [5.74, 6) is 0. The van der Waals surface area contributed by atoms with Crippen molar-refractivity contribution in [3.63, 3.8) is 0 Å². The standard InChI is InChI=1S/C4H5NO.Fe/c1-2-4-6-5-3-1;/h1-5H;. The Morgan fingerprint density at radius 3 is 2.29 bits per heavy atom. The molecule has 1 rings (SSSR count). The molecule has 0 amide bonds. The summed E-state index contributed by atoms with van der Waals surface area (Å²) >= 11 is 0. The second-order valence-electron chi connectivity index (χ2n) is 0.923. The first-order chi connectivity index (χ1) is 3.00. The SMILES string of the molecule is C1=CNOC=C1.[Fe]. The molecule has 0 saturated carbocycles. The van der Waals surface area contributed by atoms with Gasteiger partial charge in [0.25, 0.3) is 0 Å². The zero-order chi connectivity index (χ0) is 4.24. The fourth-order valence-corrected chi connectivity index (χ4v) is 0.258. The normalized spacial score (nSPS) is 13.7. The smallest absolute Gasteiger partial charge is 0.119 e. The third-order valence-corrected chi connectivity index (χ3v) is 0.490. The molecule has 2 nitrogen and oxygen atoms in total. The van der Waals surface area contributed by atoms with Crippen molar-refractivity contribution in [3.05, 3.63) is 24.6 Å². The molecule has 3 heteroatoms. The Hall–Kier alpha value is -0.401. The molecule has 1 aliphatic heterocycles. The van der Waals surface area contributed by atoms with Crippen LogP contribution >= 0.6 is 0 Å². The molecule has 40 valence electrons. The van der Waals surface area contributed by atoms with E-state index in [9.17, 15) is 0 Å². The molecular formula is C4H5FeNO. The van der Waals surface area contributed by atoms with Crippen molar-refractivity contribution < 1.29 is 21.9 Å². The Bertz CT molecular complexity index is 77.7. The molecule has 1 N–H and O–H groups in total. The first-order valence-electron chi connectivity index (χ1n) is 1.73. The predicted molar refractivity (Wildman–Crippen MR) is 22.5 cm³/mol. The Morgan fingerprint density at radius 2 is 2.14 bits per heavy atom. The molecule has 0 aromatic carbocycles. The molecule has 0 spiro atoms. The molecule has 0 radical (unpaired) electrons. The van der Waals surface area contributed by atoms with Gasteiger partial charge in [-0.2, -0.15) is 0 Å². The summed E-state index contributed by atoms with van der Waals surface area (Å²) in [7, 11) is 0. The van der Waals surface area contributed by atoms with Crippen molar-refractivity contribution in [2.75, 3.05) is 0 Å². The molecule has 0 aliphatic carbocycles. The van der Waals surface area contributed by atoms with E-state index in [0.29, 0.717) is 0 Å². The Morgan fingerprint density at radius 1 is 1.29 bits per heavy atom. The van der Waals surface area contributed by atoms with Gasteiger partial charge in [-0.05, 0) is 12.2 Å². The van der Waals surface area contributed by atoms with Crippen molar-refractivity contribution in [2.24, 2.45) is 0 Å². The topological polar surface area (TPSA) is 21.3 Å². The van der Waals surface area contributed by atoms with E-state index in [0.717, 1.165) is 0 Å².